The number of rotatable bonds is 6. The molecule has 2 aromatic rings. The largest absolute Gasteiger partial charge is 0.462 e. The van der Waals surface area contributed by atoms with Gasteiger partial charge in [0.15, 0.2) is 0 Å². The zero-order chi connectivity index (χ0) is 19.8. The van der Waals surface area contributed by atoms with Crippen molar-refractivity contribution in [3.8, 4) is 11.3 Å². The van der Waals surface area contributed by atoms with Crippen molar-refractivity contribution in [2.75, 3.05) is 6.61 Å². The second-order valence-electron chi connectivity index (χ2n) is 6.76. The summed E-state index contributed by atoms with van der Waals surface area (Å²) in [5.41, 5.74) is 0.913. The number of carbonyl (C=O) groups excluding carboxylic acids is 2. The first-order valence-electron chi connectivity index (χ1n) is 8.78. The molecule has 3 rings (SSSR count). The molecule has 1 aliphatic heterocycles. The number of hydrogen-bond acceptors (Lipinski definition) is 6. The van der Waals surface area contributed by atoms with Crippen LogP contribution in [0.4, 0.5) is 0 Å². The average molecular weight is 436 g/mol. The van der Waals surface area contributed by atoms with E-state index in [9.17, 15) is 9.59 Å². The first kappa shape index (κ1) is 19.6. The van der Waals surface area contributed by atoms with Crippen LogP contribution < -0.4 is 5.32 Å². The Balaban J connectivity index is 1.97. The minimum atomic E-state index is -0.846. The Labute approximate surface area is 166 Å². The lowest BCUT2D eigenvalue weighted by Crippen LogP contribution is -2.29. The average Bonchev–Trinajstić information content (AvgIpc) is 3.10. The fourth-order valence-electron chi connectivity index (χ4n) is 2.87. The van der Waals surface area contributed by atoms with Gasteiger partial charge in [-0.3, -0.25) is 10.1 Å². The van der Waals surface area contributed by atoms with Crippen LogP contribution in [0.15, 0.2) is 34.8 Å². The van der Waals surface area contributed by atoms with E-state index in [0.717, 1.165) is 10.0 Å². The highest BCUT2D eigenvalue weighted by Crippen LogP contribution is 2.35. The molecule has 1 aromatic carbocycles. The smallest absolute Gasteiger partial charge is 0.356 e. The number of ether oxygens (including phenoxy) is 2. The first-order chi connectivity index (χ1) is 12.8. The van der Waals surface area contributed by atoms with E-state index in [2.05, 4.69) is 26.3 Å². The topological polar surface area (TPSA) is 92.4 Å². The van der Waals surface area contributed by atoms with E-state index in [1.54, 1.807) is 33.8 Å². The monoisotopic (exact) mass is 435 g/mol. The summed E-state index contributed by atoms with van der Waals surface area (Å²) in [7, 11) is 0. The van der Waals surface area contributed by atoms with Gasteiger partial charge in [-0.25, -0.2) is 9.48 Å². The molecule has 27 heavy (non-hydrogen) atoms. The van der Waals surface area contributed by atoms with Gasteiger partial charge in [0.25, 0.3) is 0 Å². The van der Waals surface area contributed by atoms with E-state index >= 15 is 0 Å². The highest BCUT2D eigenvalue weighted by molar-refractivity contribution is 9.10. The highest BCUT2D eigenvalue weighted by Gasteiger charge is 2.59. The molecule has 2 atom stereocenters. The Morgan fingerprint density at radius 3 is 2.59 bits per heavy atom. The third kappa shape index (κ3) is 3.91. The van der Waals surface area contributed by atoms with Crippen molar-refractivity contribution in [3.05, 3.63) is 40.5 Å². The highest BCUT2D eigenvalue weighted by atomic mass is 79.9. The van der Waals surface area contributed by atoms with Crippen LogP contribution in [0.1, 0.15) is 38.2 Å². The summed E-state index contributed by atoms with van der Waals surface area (Å²) in [6.45, 7) is 7.39. The number of nitrogens with one attached hydrogen (secondary N) is 1. The van der Waals surface area contributed by atoms with Crippen molar-refractivity contribution in [1.29, 1.82) is 0 Å². The number of halogens is 1. The second kappa shape index (κ2) is 7.44. The Kier molecular flexibility index (Phi) is 5.39. The van der Waals surface area contributed by atoms with Crippen molar-refractivity contribution < 1.29 is 19.1 Å². The van der Waals surface area contributed by atoms with Crippen LogP contribution in [0.3, 0.4) is 0 Å². The minimum absolute atomic E-state index is 0.218. The van der Waals surface area contributed by atoms with Crippen molar-refractivity contribution in [3.63, 3.8) is 0 Å². The molecule has 0 spiro atoms. The van der Waals surface area contributed by atoms with Crippen LogP contribution in [0.5, 0.6) is 0 Å². The van der Waals surface area contributed by atoms with E-state index in [1.807, 2.05) is 24.3 Å². The van der Waals surface area contributed by atoms with E-state index in [-0.39, 0.29) is 24.4 Å². The van der Waals surface area contributed by atoms with Crippen LogP contribution >= 0.6 is 15.9 Å². The molecule has 0 saturated carbocycles. The molecule has 0 aliphatic carbocycles. The Hall–Kier alpha value is -2.19. The fourth-order valence-corrected chi connectivity index (χ4v) is 3.13. The number of hydrogen-bond donors (Lipinski definition) is 1. The molecule has 1 aromatic heterocycles. The number of carbonyl (C=O) groups is 2. The van der Waals surface area contributed by atoms with Gasteiger partial charge in [-0.1, -0.05) is 28.1 Å². The molecule has 1 fully saturated rings. The van der Waals surface area contributed by atoms with Gasteiger partial charge in [0, 0.05) is 10.0 Å². The van der Waals surface area contributed by atoms with Gasteiger partial charge in [0.05, 0.1) is 18.4 Å². The number of esters is 2. The molecule has 1 aliphatic rings. The van der Waals surface area contributed by atoms with Crippen molar-refractivity contribution in [2.24, 2.45) is 0 Å². The van der Waals surface area contributed by atoms with Gasteiger partial charge >= 0.3 is 11.9 Å². The van der Waals surface area contributed by atoms with E-state index in [4.69, 9.17) is 9.47 Å². The third-order valence-corrected chi connectivity index (χ3v) is 4.81. The van der Waals surface area contributed by atoms with Gasteiger partial charge in [-0.2, -0.15) is 5.10 Å². The minimum Gasteiger partial charge on any atom is -0.462 e. The Morgan fingerprint density at radius 1 is 1.33 bits per heavy atom. The molecule has 0 bridgehead atoms. The summed E-state index contributed by atoms with van der Waals surface area (Å²) in [5, 5.41) is 7.68. The molecule has 0 unspecified atom stereocenters. The van der Waals surface area contributed by atoms with Crippen LogP contribution in [0, 0.1) is 0 Å². The maximum absolute atomic E-state index is 12.5. The molecule has 7 nitrogen and oxygen atoms in total. The van der Waals surface area contributed by atoms with E-state index in [1.165, 1.54) is 4.68 Å². The summed E-state index contributed by atoms with van der Waals surface area (Å²) < 4.78 is 12.9. The predicted molar refractivity (Wildman–Crippen MR) is 103 cm³/mol. The molecule has 1 N–H and O–H groups in total. The third-order valence-electron chi connectivity index (χ3n) is 4.28. The SMILES string of the molecule is CCOC(=O)c1cc(-c2ccc(Br)cc2)nn1[C@@]1(C)N[C@@H]1C(=O)OC(C)C. The summed E-state index contributed by atoms with van der Waals surface area (Å²) in [4.78, 5) is 24.7. The summed E-state index contributed by atoms with van der Waals surface area (Å²) in [6.07, 6.45) is -0.218. The molecular weight excluding hydrogens is 414 g/mol. The summed E-state index contributed by atoms with van der Waals surface area (Å²) in [6, 6.07) is 8.71. The quantitative estimate of drug-likeness (QED) is 0.553. The second-order valence-corrected chi connectivity index (χ2v) is 7.68. The van der Waals surface area contributed by atoms with Gasteiger partial charge in [-0.05, 0) is 45.9 Å². The van der Waals surface area contributed by atoms with Crippen LogP contribution in [-0.2, 0) is 19.9 Å². The predicted octanol–water partition coefficient (Wildman–Crippen LogP) is 3.09. The lowest BCUT2D eigenvalue weighted by atomic mass is 10.1. The Bertz CT molecular complexity index is 862. The standard InChI is InChI=1S/C19H22BrN3O4/c1-5-26-17(24)15-10-14(12-6-8-13(20)9-7-12)22-23(15)19(4)16(21-19)18(25)27-11(2)3/h6-11,16,21H,5H2,1-4H3/t16-,19-/m1/s1. The van der Waals surface area contributed by atoms with Crippen molar-refractivity contribution in [1.82, 2.24) is 15.1 Å². The lowest BCUT2D eigenvalue weighted by Gasteiger charge is -2.14. The molecule has 144 valence electrons. The van der Waals surface area contributed by atoms with Gasteiger partial charge in [0.1, 0.15) is 17.4 Å². The number of aromatic nitrogens is 2. The molecule has 0 amide bonds. The first-order valence-corrected chi connectivity index (χ1v) is 9.57. The van der Waals surface area contributed by atoms with Crippen LogP contribution in [0.25, 0.3) is 11.3 Å². The van der Waals surface area contributed by atoms with E-state index < -0.39 is 17.7 Å². The molecular formula is C19H22BrN3O4. The molecule has 8 heteroatoms. The van der Waals surface area contributed by atoms with E-state index in [0.29, 0.717) is 5.69 Å². The van der Waals surface area contributed by atoms with Crippen molar-refractivity contribution in [2.45, 2.75) is 45.5 Å². The zero-order valence-corrected chi connectivity index (χ0v) is 17.2. The molecule has 1 saturated heterocycles. The fraction of sp³-hybridized carbons (Fsp3) is 0.421. The summed E-state index contributed by atoms with van der Waals surface area (Å²) >= 11 is 3.41. The van der Waals surface area contributed by atoms with Gasteiger partial charge < -0.3 is 9.47 Å². The zero-order valence-electron chi connectivity index (χ0n) is 15.7. The van der Waals surface area contributed by atoms with Crippen LogP contribution in [-0.4, -0.2) is 40.5 Å². The number of benzene rings is 1. The summed E-state index contributed by atoms with van der Waals surface area (Å²) in [5.74, 6) is -0.859. The van der Waals surface area contributed by atoms with Gasteiger partial charge in [-0.15, -0.1) is 0 Å². The lowest BCUT2D eigenvalue weighted by molar-refractivity contribution is -0.147. The molecule has 0 radical (unpaired) electrons. The van der Waals surface area contributed by atoms with Crippen molar-refractivity contribution >= 4 is 27.9 Å². The maximum Gasteiger partial charge on any atom is 0.356 e. The van der Waals surface area contributed by atoms with Gasteiger partial charge in [0.2, 0.25) is 0 Å². The Morgan fingerprint density at radius 2 is 2.00 bits per heavy atom. The maximum atomic E-state index is 12.5. The van der Waals surface area contributed by atoms with Crippen LogP contribution in [0.2, 0.25) is 0 Å². The normalized spacial score (nSPS) is 21.2. The molecule has 2 heterocycles. The number of nitrogens with zero attached hydrogens (tertiary/aromatic N) is 2.